The van der Waals surface area contributed by atoms with Crippen molar-refractivity contribution in [3.63, 3.8) is 0 Å². The molecule has 0 fully saturated rings. The number of nitrogens with two attached hydrogens (primary N) is 1. The Morgan fingerprint density at radius 1 is 1.33 bits per heavy atom. The fraction of sp³-hybridized carbons (Fsp3) is 0.429. The molecular weight excluding hydrogens is 278 g/mol. The number of hydrogen-bond donors (Lipinski definition) is 3. The minimum Gasteiger partial charge on any atom is -0.394 e. The molecule has 4 N–H and O–H groups in total. The molecule has 2 rings (SSSR count). The van der Waals surface area contributed by atoms with Crippen molar-refractivity contribution in [1.82, 2.24) is 9.97 Å². The molecule has 0 aliphatic heterocycles. The van der Waals surface area contributed by atoms with Gasteiger partial charge in [0.15, 0.2) is 0 Å². The zero-order chi connectivity index (χ0) is 15.4. The number of anilines is 2. The summed E-state index contributed by atoms with van der Waals surface area (Å²) in [6, 6.07) is 1.60. The van der Waals surface area contributed by atoms with E-state index in [1.54, 1.807) is 0 Å². The number of halogens is 2. The number of nitrogens with zero attached hydrogens (tertiary/aromatic N) is 2. The van der Waals surface area contributed by atoms with E-state index in [0.29, 0.717) is 6.42 Å². The fourth-order valence-electron chi connectivity index (χ4n) is 2.16. The van der Waals surface area contributed by atoms with E-state index in [-0.39, 0.29) is 35.3 Å². The topological polar surface area (TPSA) is 84.1 Å². The molecule has 5 nitrogen and oxygen atoms in total. The first-order valence-electron chi connectivity index (χ1n) is 6.84. The molecule has 1 aromatic carbocycles. The van der Waals surface area contributed by atoms with Crippen molar-refractivity contribution in [3.05, 3.63) is 23.8 Å². The molecule has 0 spiro atoms. The molecular formula is C14H18F2N4O. The van der Waals surface area contributed by atoms with Gasteiger partial charge in [-0.05, 0) is 6.42 Å². The number of fused-ring (bicyclic) bond motifs is 1. The molecule has 1 heterocycles. The predicted molar refractivity (Wildman–Crippen MR) is 77.9 cm³/mol. The molecule has 0 unspecified atom stereocenters. The number of aromatic nitrogens is 2. The molecule has 7 heteroatoms. The van der Waals surface area contributed by atoms with Gasteiger partial charge >= 0.3 is 0 Å². The van der Waals surface area contributed by atoms with Crippen LogP contribution in [0.3, 0.4) is 0 Å². The Balaban J connectivity index is 2.42. The lowest BCUT2D eigenvalue weighted by Crippen LogP contribution is -2.24. The minimum atomic E-state index is -0.764. The number of aliphatic hydroxyl groups is 1. The highest BCUT2D eigenvalue weighted by Crippen LogP contribution is 2.26. The quantitative estimate of drug-likeness (QED) is 0.762. The van der Waals surface area contributed by atoms with E-state index in [9.17, 15) is 13.9 Å². The Bertz CT molecular complexity index is 631. The van der Waals surface area contributed by atoms with Gasteiger partial charge in [0.1, 0.15) is 17.5 Å². The average Bonchev–Trinajstić information content (AvgIpc) is 2.41. The first-order chi connectivity index (χ1) is 10.0. The lowest BCUT2D eigenvalue weighted by Gasteiger charge is -2.18. The van der Waals surface area contributed by atoms with Gasteiger partial charge in [0.05, 0.1) is 23.6 Å². The van der Waals surface area contributed by atoms with Gasteiger partial charge in [-0.1, -0.05) is 19.8 Å². The van der Waals surface area contributed by atoms with E-state index in [1.807, 2.05) is 6.92 Å². The van der Waals surface area contributed by atoms with Crippen LogP contribution in [0.4, 0.5) is 20.5 Å². The van der Waals surface area contributed by atoms with E-state index < -0.39 is 11.6 Å². The van der Waals surface area contributed by atoms with Crippen molar-refractivity contribution in [1.29, 1.82) is 0 Å². The summed E-state index contributed by atoms with van der Waals surface area (Å²) in [6.07, 6.45) is 2.60. The maximum atomic E-state index is 14.0. The smallest absolute Gasteiger partial charge is 0.222 e. The van der Waals surface area contributed by atoms with E-state index in [1.165, 1.54) is 0 Å². The van der Waals surface area contributed by atoms with Gasteiger partial charge < -0.3 is 16.2 Å². The number of nitrogens with one attached hydrogen (secondary N) is 1. The molecule has 0 aliphatic rings. The summed E-state index contributed by atoms with van der Waals surface area (Å²) in [4.78, 5) is 7.81. The number of benzene rings is 1. The molecule has 0 aliphatic carbocycles. The minimum absolute atomic E-state index is 0.0700. The predicted octanol–water partition coefficient (Wildman–Crippen LogP) is 2.45. The van der Waals surface area contributed by atoms with Gasteiger partial charge in [0, 0.05) is 12.1 Å². The van der Waals surface area contributed by atoms with Gasteiger partial charge in [-0.2, -0.15) is 4.98 Å². The van der Waals surface area contributed by atoms with E-state index in [4.69, 9.17) is 5.73 Å². The van der Waals surface area contributed by atoms with Crippen molar-refractivity contribution in [2.45, 2.75) is 32.2 Å². The van der Waals surface area contributed by atoms with Crippen molar-refractivity contribution < 1.29 is 13.9 Å². The molecule has 0 radical (unpaired) electrons. The van der Waals surface area contributed by atoms with Crippen LogP contribution in [0.2, 0.25) is 0 Å². The van der Waals surface area contributed by atoms with Crippen LogP contribution < -0.4 is 11.1 Å². The second kappa shape index (κ2) is 6.62. The summed E-state index contributed by atoms with van der Waals surface area (Å²) in [7, 11) is 0. The van der Waals surface area contributed by atoms with Gasteiger partial charge in [-0.25, -0.2) is 13.8 Å². The normalized spacial score (nSPS) is 12.6. The second-order valence-corrected chi connectivity index (χ2v) is 4.88. The van der Waals surface area contributed by atoms with E-state index >= 15 is 0 Å². The average molecular weight is 296 g/mol. The van der Waals surface area contributed by atoms with Crippen LogP contribution in [-0.4, -0.2) is 27.7 Å². The maximum Gasteiger partial charge on any atom is 0.222 e. The van der Waals surface area contributed by atoms with Crippen LogP contribution in [0.1, 0.15) is 26.2 Å². The zero-order valence-electron chi connectivity index (χ0n) is 11.7. The van der Waals surface area contributed by atoms with Crippen LogP contribution in [0, 0.1) is 11.6 Å². The first kappa shape index (κ1) is 15.4. The molecule has 1 aromatic heterocycles. The third-order valence-corrected chi connectivity index (χ3v) is 3.20. The van der Waals surface area contributed by atoms with Crippen molar-refractivity contribution >= 4 is 22.7 Å². The Labute approximate surface area is 121 Å². The third-order valence-electron chi connectivity index (χ3n) is 3.20. The number of rotatable bonds is 6. The molecule has 0 saturated heterocycles. The van der Waals surface area contributed by atoms with Crippen LogP contribution in [0.5, 0.6) is 0 Å². The standard InChI is InChI=1S/C14H18F2N4O/c1-2-3-4-9(7-21)18-13-12-10(16)5-8(15)6-11(12)19-14(17)20-13/h5-6,9,21H,2-4,7H2,1H3,(H3,17,18,19,20)/t9-/m1/s1. The van der Waals surface area contributed by atoms with Gasteiger partial charge in [0.25, 0.3) is 0 Å². The van der Waals surface area contributed by atoms with E-state index in [2.05, 4.69) is 15.3 Å². The lowest BCUT2D eigenvalue weighted by molar-refractivity contribution is 0.267. The largest absolute Gasteiger partial charge is 0.394 e. The molecule has 2 aromatic rings. The van der Waals surface area contributed by atoms with Crippen molar-refractivity contribution in [3.8, 4) is 0 Å². The molecule has 1 atom stereocenters. The van der Waals surface area contributed by atoms with Crippen LogP contribution in [0.25, 0.3) is 10.9 Å². The second-order valence-electron chi connectivity index (χ2n) is 4.88. The number of nitrogen functional groups attached to an aromatic ring is 1. The lowest BCUT2D eigenvalue weighted by atomic mass is 10.1. The van der Waals surface area contributed by atoms with Gasteiger partial charge in [-0.15, -0.1) is 0 Å². The highest BCUT2D eigenvalue weighted by atomic mass is 19.1. The highest BCUT2D eigenvalue weighted by molar-refractivity contribution is 5.90. The summed E-state index contributed by atoms with van der Waals surface area (Å²) < 4.78 is 27.2. The van der Waals surface area contributed by atoms with Crippen molar-refractivity contribution in [2.24, 2.45) is 0 Å². The summed E-state index contributed by atoms with van der Waals surface area (Å²) in [5, 5.41) is 12.4. The highest BCUT2D eigenvalue weighted by Gasteiger charge is 2.16. The number of hydrogen-bond acceptors (Lipinski definition) is 5. The summed E-state index contributed by atoms with van der Waals surface area (Å²) in [5.74, 6) is -1.40. The third kappa shape index (κ3) is 3.55. The zero-order valence-corrected chi connectivity index (χ0v) is 11.7. The monoisotopic (exact) mass is 296 g/mol. The van der Waals surface area contributed by atoms with Gasteiger partial charge in [-0.3, -0.25) is 0 Å². The number of unbranched alkanes of at least 4 members (excludes halogenated alkanes) is 1. The van der Waals surface area contributed by atoms with Crippen LogP contribution in [0.15, 0.2) is 12.1 Å². The SMILES string of the molecule is CCCC[C@H](CO)Nc1nc(N)nc2cc(F)cc(F)c12. The van der Waals surface area contributed by atoms with Crippen molar-refractivity contribution in [2.75, 3.05) is 17.7 Å². The molecule has 114 valence electrons. The Morgan fingerprint density at radius 2 is 2.10 bits per heavy atom. The van der Waals surface area contributed by atoms with Crippen LogP contribution in [-0.2, 0) is 0 Å². The molecule has 0 saturated carbocycles. The number of aliphatic hydroxyl groups excluding tert-OH is 1. The summed E-state index contributed by atoms with van der Waals surface area (Å²) in [5.41, 5.74) is 5.66. The maximum absolute atomic E-state index is 14.0. The fourth-order valence-corrected chi connectivity index (χ4v) is 2.16. The summed E-state index contributed by atoms with van der Waals surface area (Å²) >= 11 is 0. The molecule has 0 bridgehead atoms. The van der Waals surface area contributed by atoms with E-state index in [0.717, 1.165) is 25.0 Å². The Morgan fingerprint density at radius 3 is 2.76 bits per heavy atom. The Hall–Kier alpha value is -2.02. The summed E-state index contributed by atoms with van der Waals surface area (Å²) in [6.45, 7) is 1.92. The first-order valence-corrected chi connectivity index (χ1v) is 6.84. The molecule has 0 amide bonds. The van der Waals surface area contributed by atoms with Crippen LogP contribution >= 0.6 is 0 Å². The van der Waals surface area contributed by atoms with Gasteiger partial charge in [0.2, 0.25) is 5.95 Å². The Kier molecular flexibility index (Phi) is 4.85. The molecule has 21 heavy (non-hydrogen) atoms.